The first-order chi connectivity index (χ1) is 8.69. The summed E-state index contributed by atoms with van der Waals surface area (Å²) in [4.78, 5) is 18.2. The SMILES string of the molecule is Cc1cccc2nc(C(=O)N3CC(CO)C3)cn12. The molecule has 0 radical (unpaired) electrons. The van der Waals surface area contributed by atoms with Crippen molar-refractivity contribution in [1.82, 2.24) is 14.3 Å². The van der Waals surface area contributed by atoms with Gasteiger partial charge in [-0.1, -0.05) is 6.07 Å². The number of nitrogens with zero attached hydrogens (tertiary/aromatic N) is 3. The number of aliphatic hydroxyl groups is 1. The maximum atomic E-state index is 12.1. The number of hydrogen-bond donors (Lipinski definition) is 1. The van der Waals surface area contributed by atoms with E-state index in [0.717, 1.165) is 11.3 Å². The average molecular weight is 245 g/mol. The van der Waals surface area contributed by atoms with Gasteiger partial charge in [-0.25, -0.2) is 4.98 Å². The molecule has 94 valence electrons. The number of pyridine rings is 1. The van der Waals surface area contributed by atoms with Gasteiger partial charge in [0.15, 0.2) is 0 Å². The van der Waals surface area contributed by atoms with Gasteiger partial charge < -0.3 is 14.4 Å². The third-order valence-electron chi connectivity index (χ3n) is 3.42. The highest BCUT2D eigenvalue weighted by atomic mass is 16.3. The molecule has 1 amide bonds. The van der Waals surface area contributed by atoms with Gasteiger partial charge in [-0.3, -0.25) is 4.79 Å². The van der Waals surface area contributed by atoms with Crippen molar-refractivity contribution in [3.05, 3.63) is 35.8 Å². The van der Waals surface area contributed by atoms with Crippen LogP contribution in [0.25, 0.3) is 5.65 Å². The van der Waals surface area contributed by atoms with Gasteiger partial charge in [0, 0.05) is 37.5 Å². The molecule has 0 aliphatic carbocycles. The number of aliphatic hydroxyl groups excluding tert-OH is 1. The van der Waals surface area contributed by atoms with Crippen LogP contribution in [-0.2, 0) is 0 Å². The van der Waals surface area contributed by atoms with Crippen LogP contribution in [0.15, 0.2) is 24.4 Å². The molecule has 1 aliphatic rings. The van der Waals surface area contributed by atoms with Gasteiger partial charge in [-0.2, -0.15) is 0 Å². The van der Waals surface area contributed by atoms with E-state index in [1.54, 1.807) is 11.1 Å². The van der Waals surface area contributed by atoms with Gasteiger partial charge >= 0.3 is 0 Å². The zero-order valence-corrected chi connectivity index (χ0v) is 10.2. The van der Waals surface area contributed by atoms with E-state index in [0.29, 0.717) is 18.8 Å². The fourth-order valence-corrected chi connectivity index (χ4v) is 2.26. The van der Waals surface area contributed by atoms with Gasteiger partial charge in [0.1, 0.15) is 11.3 Å². The second kappa shape index (κ2) is 4.10. The fraction of sp³-hybridized carbons (Fsp3) is 0.385. The quantitative estimate of drug-likeness (QED) is 0.847. The van der Waals surface area contributed by atoms with E-state index in [1.807, 2.05) is 29.5 Å². The van der Waals surface area contributed by atoms with Crippen molar-refractivity contribution >= 4 is 11.6 Å². The van der Waals surface area contributed by atoms with Gasteiger partial charge in [-0.15, -0.1) is 0 Å². The Balaban J connectivity index is 1.87. The molecule has 0 bridgehead atoms. The van der Waals surface area contributed by atoms with Crippen molar-refractivity contribution in [3.63, 3.8) is 0 Å². The largest absolute Gasteiger partial charge is 0.396 e. The summed E-state index contributed by atoms with van der Waals surface area (Å²) in [6.07, 6.45) is 1.78. The minimum Gasteiger partial charge on any atom is -0.396 e. The molecule has 1 fully saturated rings. The monoisotopic (exact) mass is 245 g/mol. The second-order valence-corrected chi connectivity index (χ2v) is 4.78. The predicted molar refractivity (Wildman–Crippen MR) is 66.4 cm³/mol. The van der Waals surface area contributed by atoms with Gasteiger partial charge in [-0.05, 0) is 19.1 Å². The number of imidazole rings is 1. The number of rotatable bonds is 2. The molecule has 0 spiro atoms. The van der Waals surface area contributed by atoms with E-state index >= 15 is 0 Å². The Labute approximate surface area is 105 Å². The lowest BCUT2D eigenvalue weighted by molar-refractivity contribution is 0.0357. The molecule has 3 heterocycles. The number of aryl methyl sites for hydroxylation is 1. The summed E-state index contributed by atoms with van der Waals surface area (Å²) in [5.41, 5.74) is 2.31. The van der Waals surface area contributed by atoms with Crippen LogP contribution >= 0.6 is 0 Å². The van der Waals surface area contributed by atoms with Crippen LogP contribution < -0.4 is 0 Å². The Bertz CT molecular complexity index is 599. The van der Waals surface area contributed by atoms with Crippen molar-refractivity contribution in [2.45, 2.75) is 6.92 Å². The predicted octanol–water partition coefficient (Wildman–Crippen LogP) is 0.707. The number of amides is 1. The second-order valence-electron chi connectivity index (χ2n) is 4.78. The third kappa shape index (κ3) is 1.67. The smallest absolute Gasteiger partial charge is 0.274 e. The summed E-state index contributed by atoms with van der Waals surface area (Å²) >= 11 is 0. The van der Waals surface area contributed by atoms with E-state index < -0.39 is 0 Å². The highest BCUT2D eigenvalue weighted by Crippen LogP contribution is 2.18. The van der Waals surface area contributed by atoms with Crippen LogP contribution in [0.3, 0.4) is 0 Å². The van der Waals surface area contributed by atoms with Crippen LogP contribution in [0, 0.1) is 12.8 Å². The fourth-order valence-electron chi connectivity index (χ4n) is 2.26. The molecule has 0 atom stereocenters. The zero-order chi connectivity index (χ0) is 12.7. The molecule has 5 nitrogen and oxygen atoms in total. The lowest BCUT2D eigenvalue weighted by Crippen LogP contribution is -2.51. The molecule has 2 aromatic heterocycles. The molecular formula is C13H15N3O2. The topological polar surface area (TPSA) is 57.8 Å². The van der Waals surface area contributed by atoms with Gasteiger partial charge in [0.2, 0.25) is 0 Å². The van der Waals surface area contributed by atoms with Crippen LogP contribution in [0.5, 0.6) is 0 Å². The molecule has 3 rings (SSSR count). The Morgan fingerprint density at radius 2 is 2.28 bits per heavy atom. The van der Waals surface area contributed by atoms with Crippen LogP contribution in [0.1, 0.15) is 16.2 Å². The minimum atomic E-state index is -0.0530. The molecular weight excluding hydrogens is 230 g/mol. The van der Waals surface area contributed by atoms with E-state index in [4.69, 9.17) is 5.11 Å². The molecule has 18 heavy (non-hydrogen) atoms. The Kier molecular flexibility index (Phi) is 2.56. The molecule has 0 unspecified atom stereocenters. The molecule has 2 aromatic rings. The van der Waals surface area contributed by atoms with E-state index in [2.05, 4.69) is 4.98 Å². The lowest BCUT2D eigenvalue weighted by atomic mass is 10.0. The first-order valence-electron chi connectivity index (χ1n) is 6.04. The van der Waals surface area contributed by atoms with Crippen molar-refractivity contribution in [2.75, 3.05) is 19.7 Å². The van der Waals surface area contributed by atoms with Gasteiger partial charge in [0.05, 0.1) is 0 Å². The maximum Gasteiger partial charge on any atom is 0.274 e. The lowest BCUT2D eigenvalue weighted by Gasteiger charge is -2.37. The number of aromatic nitrogens is 2. The summed E-state index contributed by atoms with van der Waals surface area (Å²) in [5, 5.41) is 8.95. The summed E-state index contributed by atoms with van der Waals surface area (Å²) in [5.74, 6) is 0.176. The highest BCUT2D eigenvalue weighted by Gasteiger charge is 2.31. The van der Waals surface area contributed by atoms with Crippen LogP contribution in [0.4, 0.5) is 0 Å². The van der Waals surface area contributed by atoms with Crippen LogP contribution in [0.2, 0.25) is 0 Å². The first-order valence-corrected chi connectivity index (χ1v) is 6.04. The van der Waals surface area contributed by atoms with Crippen LogP contribution in [-0.4, -0.2) is 45.0 Å². The molecule has 0 aromatic carbocycles. The zero-order valence-electron chi connectivity index (χ0n) is 10.2. The maximum absolute atomic E-state index is 12.1. The molecule has 0 saturated carbocycles. The Hall–Kier alpha value is -1.88. The minimum absolute atomic E-state index is 0.0530. The molecule has 1 N–H and O–H groups in total. The number of fused-ring (bicyclic) bond motifs is 1. The van der Waals surface area contributed by atoms with Crippen molar-refractivity contribution in [3.8, 4) is 0 Å². The van der Waals surface area contributed by atoms with Crippen molar-refractivity contribution in [1.29, 1.82) is 0 Å². The first kappa shape index (κ1) is 11.2. The highest BCUT2D eigenvalue weighted by molar-refractivity contribution is 5.93. The van der Waals surface area contributed by atoms with Crippen molar-refractivity contribution in [2.24, 2.45) is 5.92 Å². The number of hydrogen-bond acceptors (Lipinski definition) is 3. The van der Waals surface area contributed by atoms with E-state index in [1.165, 1.54) is 0 Å². The van der Waals surface area contributed by atoms with E-state index in [-0.39, 0.29) is 18.4 Å². The number of carbonyl (C=O) groups is 1. The molecule has 5 heteroatoms. The molecule has 1 saturated heterocycles. The number of likely N-dealkylation sites (tertiary alicyclic amines) is 1. The Morgan fingerprint density at radius 1 is 1.50 bits per heavy atom. The molecule has 1 aliphatic heterocycles. The standard InChI is InChI=1S/C13H15N3O2/c1-9-3-2-4-12-14-11(7-16(9)12)13(18)15-5-10(6-15)8-17/h2-4,7,10,17H,5-6,8H2,1H3. The third-order valence-corrected chi connectivity index (χ3v) is 3.42. The average Bonchev–Trinajstić information content (AvgIpc) is 2.73. The number of carbonyl (C=O) groups excluding carboxylic acids is 1. The summed E-state index contributed by atoms with van der Waals surface area (Å²) in [7, 11) is 0. The summed E-state index contributed by atoms with van der Waals surface area (Å²) in [6.45, 7) is 3.38. The Morgan fingerprint density at radius 3 is 2.94 bits per heavy atom. The normalized spacial score (nSPS) is 16.0. The van der Waals surface area contributed by atoms with Gasteiger partial charge in [0.25, 0.3) is 5.91 Å². The van der Waals surface area contributed by atoms with Crippen molar-refractivity contribution < 1.29 is 9.90 Å². The summed E-state index contributed by atoms with van der Waals surface area (Å²) < 4.78 is 1.91. The van der Waals surface area contributed by atoms with E-state index in [9.17, 15) is 4.79 Å². The summed E-state index contributed by atoms with van der Waals surface area (Å²) in [6, 6.07) is 5.79.